The molecule has 1 aromatic carbocycles. The van der Waals surface area contributed by atoms with Crippen LogP contribution in [0.5, 0.6) is 5.75 Å². The van der Waals surface area contributed by atoms with E-state index in [1.807, 2.05) is 18.2 Å². The lowest BCUT2D eigenvalue weighted by Crippen LogP contribution is -2.19. The number of fused-ring (bicyclic) bond motifs is 1. The van der Waals surface area contributed by atoms with Gasteiger partial charge in [-0.05, 0) is 32.0 Å². The number of alkyl halides is 3. The molecule has 0 bridgehead atoms. The van der Waals surface area contributed by atoms with Gasteiger partial charge in [0, 0.05) is 18.4 Å². The van der Waals surface area contributed by atoms with Crippen molar-refractivity contribution in [2.45, 2.75) is 30.9 Å². The van der Waals surface area contributed by atoms with E-state index >= 15 is 0 Å². The molecule has 2 heterocycles. The number of halogens is 3. The van der Waals surface area contributed by atoms with Crippen molar-refractivity contribution >= 4 is 21.8 Å². The zero-order valence-corrected chi connectivity index (χ0v) is 16.6. The number of hydrogen-bond acceptors (Lipinski definition) is 5. The SMILES string of the molecule is CCO.Cc1c(OCC(F)(F)F)ccnc1CS(=O)c1nc2ccccc2[nH]1.O. The largest absolute Gasteiger partial charge is 0.484 e. The second-order valence-electron chi connectivity index (χ2n) is 5.65. The van der Waals surface area contributed by atoms with Crippen LogP contribution in [0.4, 0.5) is 13.2 Å². The molecule has 160 valence electrons. The van der Waals surface area contributed by atoms with Crippen LogP contribution in [-0.4, -0.2) is 49.1 Å². The maximum Gasteiger partial charge on any atom is 0.422 e. The average molecular weight is 433 g/mol. The van der Waals surface area contributed by atoms with Gasteiger partial charge in [-0.2, -0.15) is 13.2 Å². The molecule has 1 unspecified atom stereocenters. The molecular weight excluding hydrogens is 411 g/mol. The number of rotatable bonds is 5. The molecule has 0 saturated heterocycles. The predicted molar refractivity (Wildman–Crippen MR) is 103 cm³/mol. The summed E-state index contributed by atoms with van der Waals surface area (Å²) in [6.07, 6.45) is -3.09. The molecule has 3 rings (SSSR count). The van der Waals surface area contributed by atoms with Crippen LogP contribution in [-0.2, 0) is 16.6 Å². The van der Waals surface area contributed by atoms with Gasteiger partial charge in [-0.3, -0.25) is 9.19 Å². The van der Waals surface area contributed by atoms with E-state index in [-0.39, 0.29) is 23.6 Å². The Morgan fingerprint density at radius 1 is 1.24 bits per heavy atom. The summed E-state index contributed by atoms with van der Waals surface area (Å²) in [5.74, 6) is 0.0958. The molecule has 0 radical (unpaired) electrons. The van der Waals surface area contributed by atoms with Crippen molar-refractivity contribution < 1.29 is 32.7 Å². The van der Waals surface area contributed by atoms with Crippen LogP contribution in [0.1, 0.15) is 18.2 Å². The van der Waals surface area contributed by atoms with Crippen molar-refractivity contribution in [1.29, 1.82) is 0 Å². The maximum absolute atomic E-state index is 12.5. The number of aliphatic hydroxyl groups excluding tert-OH is 1. The molecule has 0 spiro atoms. The lowest BCUT2D eigenvalue weighted by atomic mass is 10.2. The zero-order valence-electron chi connectivity index (χ0n) is 15.8. The Labute approximate surface area is 167 Å². The molecule has 0 aliphatic carbocycles. The Balaban J connectivity index is 0.000000990. The molecule has 3 aromatic rings. The first-order valence-electron chi connectivity index (χ1n) is 8.33. The Morgan fingerprint density at radius 2 is 1.90 bits per heavy atom. The molecule has 0 aliphatic heterocycles. The molecule has 0 fully saturated rings. The van der Waals surface area contributed by atoms with Gasteiger partial charge in [0.15, 0.2) is 11.8 Å². The number of nitrogens with one attached hydrogen (secondary N) is 1. The highest BCUT2D eigenvalue weighted by atomic mass is 32.2. The van der Waals surface area contributed by atoms with Gasteiger partial charge in [0.25, 0.3) is 0 Å². The minimum absolute atomic E-state index is 0. The number of hydrogen-bond donors (Lipinski definition) is 2. The van der Waals surface area contributed by atoms with Crippen molar-refractivity contribution in [3.05, 3.63) is 47.8 Å². The maximum atomic E-state index is 12.5. The fourth-order valence-electron chi connectivity index (χ4n) is 2.25. The third-order valence-electron chi connectivity index (χ3n) is 3.50. The second-order valence-corrected chi connectivity index (χ2v) is 7.02. The smallest absolute Gasteiger partial charge is 0.422 e. The highest BCUT2D eigenvalue weighted by molar-refractivity contribution is 7.84. The summed E-state index contributed by atoms with van der Waals surface area (Å²) in [6.45, 7) is 2.13. The van der Waals surface area contributed by atoms with Crippen LogP contribution >= 0.6 is 0 Å². The topological polar surface area (TPSA) is 120 Å². The number of H-pyrrole nitrogens is 1. The normalized spacial score (nSPS) is 11.9. The third-order valence-corrected chi connectivity index (χ3v) is 4.66. The molecule has 0 amide bonds. The molecule has 11 heteroatoms. The van der Waals surface area contributed by atoms with Gasteiger partial charge in [0.05, 0.1) is 33.3 Å². The van der Waals surface area contributed by atoms with E-state index in [4.69, 9.17) is 9.84 Å². The van der Waals surface area contributed by atoms with E-state index in [9.17, 15) is 17.4 Å². The summed E-state index contributed by atoms with van der Waals surface area (Å²) < 4.78 is 54.2. The highest BCUT2D eigenvalue weighted by Crippen LogP contribution is 2.24. The van der Waals surface area contributed by atoms with Crippen LogP contribution in [0, 0.1) is 6.92 Å². The van der Waals surface area contributed by atoms with E-state index in [1.165, 1.54) is 12.3 Å². The number of benzene rings is 1. The molecule has 4 N–H and O–H groups in total. The van der Waals surface area contributed by atoms with Crippen LogP contribution in [0.15, 0.2) is 41.7 Å². The first-order valence-corrected chi connectivity index (χ1v) is 9.65. The lowest BCUT2D eigenvalue weighted by molar-refractivity contribution is -0.153. The minimum atomic E-state index is -4.42. The molecule has 0 aliphatic rings. The predicted octanol–water partition coefficient (Wildman–Crippen LogP) is 2.69. The number of para-hydroxylation sites is 2. The summed E-state index contributed by atoms with van der Waals surface area (Å²) in [4.78, 5) is 11.3. The van der Waals surface area contributed by atoms with Crippen molar-refractivity contribution in [2.24, 2.45) is 0 Å². The van der Waals surface area contributed by atoms with E-state index < -0.39 is 23.6 Å². The zero-order chi connectivity index (χ0) is 20.7. The van der Waals surface area contributed by atoms with E-state index in [0.29, 0.717) is 21.9 Å². The molecular formula is C18H22F3N3O4S. The summed E-state index contributed by atoms with van der Waals surface area (Å²) in [6, 6.07) is 8.62. The van der Waals surface area contributed by atoms with Crippen LogP contribution in [0.25, 0.3) is 11.0 Å². The summed E-state index contributed by atoms with van der Waals surface area (Å²) in [5.41, 5.74) is 2.28. The lowest BCUT2D eigenvalue weighted by Gasteiger charge is -2.13. The van der Waals surface area contributed by atoms with Crippen molar-refractivity contribution in [2.75, 3.05) is 13.2 Å². The fourth-order valence-corrected chi connectivity index (χ4v) is 3.35. The van der Waals surface area contributed by atoms with Gasteiger partial charge in [0.2, 0.25) is 0 Å². The van der Waals surface area contributed by atoms with Gasteiger partial charge in [0.1, 0.15) is 5.75 Å². The molecule has 1 atom stereocenters. The number of ether oxygens (including phenoxy) is 1. The Bertz CT molecular complexity index is 914. The first kappa shape index (κ1) is 24.5. The fraction of sp³-hybridized carbons (Fsp3) is 0.333. The van der Waals surface area contributed by atoms with Crippen LogP contribution in [0.2, 0.25) is 0 Å². The Kier molecular flexibility index (Phi) is 9.21. The third kappa shape index (κ3) is 7.11. The number of imidazole rings is 1. The monoisotopic (exact) mass is 433 g/mol. The summed E-state index contributed by atoms with van der Waals surface area (Å²) >= 11 is 0. The Morgan fingerprint density at radius 3 is 2.52 bits per heavy atom. The molecule has 29 heavy (non-hydrogen) atoms. The number of aliphatic hydroxyl groups is 1. The van der Waals surface area contributed by atoms with E-state index in [0.717, 1.165) is 5.52 Å². The van der Waals surface area contributed by atoms with Crippen molar-refractivity contribution in [1.82, 2.24) is 15.0 Å². The quantitative estimate of drug-likeness (QED) is 0.641. The van der Waals surface area contributed by atoms with Crippen LogP contribution < -0.4 is 4.74 Å². The second kappa shape index (κ2) is 10.9. The van der Waals surface area contributed by atoms with Crippen molar-refractivity contribution in [3.8, 4) is 5.75 Å². The first-order chi connectivity index (χ1) is 13.2. The van der Waals surface area contributed by atoms with Gasteiger partial charge < -0.3 is 20.3 Å². The van der Waals surface area contributed by atoms with Gasteiger partial charge >= 0.3 is 6.18 Å². The summed E-state index contributed by atoms with van der Waals surface area (Å²) in [7, 11) is -1.51. The number of aromatic amines is 1. The van der Waals surface area contributed by atoms with Crippen molar-refractivity contribution in [3.63, 3.8) is 0 Å². The Hall–Kier alpha value is -2.50. The molecule has 7 nitrogen and oxygen atoms in total. The standard InChI is InChI=1S/C16H14F3N3O2S.C2H6O.H2O/c1-10-13(20-7-6-14(10)24-9-16(17,18)19)8-25(23)15-21-11-4-2-3-5-12(11)22-15;1-2-3;/h2-7H,8-9H2,1H3,(H,21,22);3H,2H2,1H3;1H2. The number of nitrogens with zero attached hydrogens (tertiary/aromatic N) is 2. The number of aromatic nitrogens is 3. The van der Waals surface area contributed by atoms with Gasteiger partial charge in [-0.25, -0.2) is 4.98 Å². The highest BCUT2D eigenvalue weighted by Gasteiger charge is 2.29. The molecule has 0 saturated carbocycles. The van der Waals surface area contributed by atoms with Gasteiger partial charge in [-0.15, -0.1) is 0 Å². The van der Waals surface area contributed by atoms with E-state index in [1.54, 1.807) is 19.9 Å². The average Bonchev–Trinajstić information content (AvgIpc) is 3.07. The van der Waals surface area contributed by atoms with Crippen LogP contribution in [0.3, 0.4) is 0 Å². The molecule has 2 aromatic heterocycles. The number of pyridine rings is 1. The summed E-state index contributed by atoms with van der Waals surface area (Å²) in [5, 5.41) is 7.86. The minimum Gasteiger partial charge on any atom is -0.484 e. The van der Waals surface area contributed by atoms with E-state index in [2.05, 4.69) is 15.0 Å². The van der Waals surface area contributed by atoms with Gasteiger partial charge in [-0.1, -0.05) is 12.1 Å².